The van der Waals surface area contributed by atoms with Crippen LogP contribution in [0.15, 0.2) is 12.1 Å². The fraction of sp³-hybridized carbons (Fsp3) is 0.615. The highest BCUT2D eigenvalue weighted by Crippen LogP contribution is 2.24. The van der Waals surface area contributed by atoms with E-state index in [2.05, 4.69) is 10.3 Å². The fourth-order valence-corrected chi connectivity index (χ4v) is 2.24. The first kappa shape index (κ1) is 12.0. The first-order valence-electron chi connectivity index (χ1n) is 6.45. The van der Waals surface area contributed by atoms with Gasteiger partial charge in [-0.15, -0.1) is 0 Å². The molecule has 4 nitrogen and oxygen atoms in total. The number of hydrogen-bond acceptors (Lipinski definition) is 4. The Labute approximate surface area is 103 Å². The smallest absolute Gasteiger partial charge is 0.239 e. The second kappa shape index (κ2) is 5.75. The molecular weight excluding hydrogens is 214 g/mol. The van der Waals surface area contributed by atoms with Gasteiger partial charge >= 0.3 is 0 Å². The number of hydrogen-bond donors (Lipinski definition) is 2. The molecule has 0 amide bonds. The number of nitrogens with two attached hydrogens (primary N) is 1. The molecule has 4 heteroatoms. The normalized spacial score (nSPS) is 16.8. The van der Waals surface area contributed by atoms with Crippen molar-refractivity contribution in [1.29, 1.82) is 0 Å². The van der Waals surface area contributed by atoms with E-state index < -0.39 is 0 Å². The van der Waals surface area contributed by atoms with E-state index in [9.17, 15) is 0 Å². The maximum absolute atomic E-state index is 5.79. The Morgan fingerprint density at radius 1 is 1.35 bits per heavy atom. The van der Waals surface area contributed by atoms with Gasteiger partial charge in [0.1, 0.15) is 5.82 Å². The van der Waals surface area contributed by atoms with Crippen LogP contribution in [0.25, 0.3) is 0 Å². The summed E-state index contributed by atoms with van der Waals surface area (Å²) >= 11 is 0. The minimum Gasteiger partial charge on any atom is -0.476 e. The van der Waals surface area contributed by atoms with Crippen LogP contribution in [0.4, 0.5) is 11.5 Å². The maximum Gasteiger partial charge on any atom is 0.239 e. The zero-order valence-corrected chi connectivity index (χ0v) is 10.4. The van der Waals surface area contributed by atoms with Crippen molar-refractivity contribution in [2.45, 2.75) is 45.1 Å². The summed E-state index contributed by atoms with van der Waals surface area (Å²) in [6, 6.07) is 4.32. The van der Waals surface area contributed by atoms with E-state index in [1.807, 2.05) is 19.1 Å². The topological polar surface area (TPSA) is 60.2 Å². The lowest BCUT2D eigenvalue weighted by Gasteiger charge is -2.23. The Hall–Kier alpha value is -1.45. The highest BCUT2D eigenvalue weighted by atomic mass is 16.5. The molecular formula is C13H21N3O. The lowest BCUT2D eigenvalue weighted by Crippen LogP contribution is -2.22. The van der Waals surface area contributed by atoms with Crippen molar-refractivity contribution in [2.24, 2.45) is 0 Å². The highest BCUT2D eigenvalue weighted by molar-refractivity contribution is 5.53. The summed E-state index contributed by atoms with van der Waals surface area (Å²) in [5.41, 5.74) is 6.39. The van der Waals surface area contributed by atoms with Gasteiger partial charge in [0, 0.05) is 6.04 Å². The Bertz CT molecular complexity index is 362. The van der Waals surface area contributed by atoms with Crippen LogP contribution in [0.5, 0.6) is 5.88 Å². The SMILES string of the molecule is CCOc1nc(NC2CCCCC2)ccc1N. The summed E-state index contributed by atoms with van der Waals surface area (Å²) in [4.78, 5) is 4.40. The molecule has 1 saturated carbocycles. The fourth-order valence-electron chi connectivity index (χ4n) is 2.24. The predicted octanol–water partition coefficient (Wildman–Crippen LogP) is 2.81. The van der Waals surface area contributed by atoms with Crippen LogP contribution in [-0.2, 0) is 0 Å². The molecule has 0 spiro atoms. The van der Waals surface area contributed by atoms with Crippen LogP contribution < -0.4 is 15.8 Å². The first-order chi connectivity index (χ1) is 8.29. The van der Waals surface area contributed by atoms with Crippen LogP contribution in [0.2, 0.25) is 0 Å². The summed E-state index contributed by atoms with van der Waals surface area (Å²) in [5, 5.41) is 3.46. The number of pyridine rings is 1. The Kier molecular flexibility index (Phi) is 4.07. The number of nitrogen functional groups attached to an aromatic ring is 1. The minimum absolute atomic E-state index is 0.535. The molecule has 0 saturated heterocycles. The number of aromatic nitrogens is 1. The van der Waals surface area contributed by atoms with Gasteiger partial charge in [-0.2, -0.15) is 4.98 Å². The molecule has 1 aliphatic rings. The molecule has 0 radical (unpaired) electrons. The van der Waals surface area contributed by atoms with Gasteiger partial charge in [0.2, 0.25) is 5.88 Å². The third-order valence-electron chi connectivity index (χ3n) is 3.13. The van der Waals surface area contributed by atoms with Crippen LogP contribution in [0.3, 0.4) is 0 Å². The second-order valence-electron chi connectivity index (χ2n) is 4.50. The number of ether oxygens (including phenoxy) is 1. The maximum atomic E-state index is 5.79. The van der Waals surface area contributed by atoms with E-state index in [1.54, 1.807) is 0 Å². The number of anilines is 2. The number of nitrogens with one attached hydrogen (secondary N) is 1. The Morgan fingerprint density at radius 2 is 2.12 bits per heavy atom. The lowest BCUT2D eigenvalue weighted by atomic mass is 9.95. The Morgan fingerprint density at radius 3 is 2.82 bits per heavy atom. The van der Waals surface area contributed by atoms with E-state index in [0.717, 1.165) is 5.82 Å². The molecule has 3 N–H and O–H groups in total. The van der Waals surface area contributed by atoms with Crippen molar-refractivity contribution >= 4 is 11.5 Å². The quantitative estimate of drug-likeness (QED) is 0.842. The molecule has 17 heavy (non-hydrogen) atoms. The first-order valence-corrected chi connectivity index (χ1v) is 6.45. The van der Waals surface area contributed by atoms with Crippen molar-refractivity contribution in [3.63, 3.8) is 0 Å². The average molecular weight is 235 g/mol. The molecule has 94 valence electrons. The van der Waals surface area contributed by atoms with Gasteiger partial charge in [-0.3, -0.25) is 0 Å². The van der Waals surface area contributed by atoms with Gasteiger partial charge in [-0.25, -0.2) is 0 Å². The van der Waals surface area contributed by atoms with Crippen LogP contribution in [0.1, 0.15) is 39.0 Å². The van der Waals surface area contributed by atoms with Crippen molar-refractivity contribution in [2.75, 3.05) is 17.7 Å². The largest absolute Gasteiger partial charge is 0.476 e. The van der Waals surface area contributed by atoms with E-state index in [0.29, 0.717) is 24.2 Å². The zero-order chi connectivity index (χ0) is 12.1. The lowest BCUT2D eigenvalue weighted by molar-refractivity contribution is 0.329. The molecule has 1 aromatic rings. The van der Waals surface area contributed by atoms with Gasteiger partial charge in [-0.1, -0.05) is 19.3 Å². The van der Waals surface area contributed by atoms with Crippen LogP contribution in [-0.4, -0.2) is 17.6 Å². The molecule has 0 aliphatic heterocycles. The van der Waals surface area contributed by atoms with Gasteiger partial charge in [0.25, 0.3) is 0 Å². The van der Waals surface area contributed by atoms with Crippen molar-refractivity contribution in [1.82, 2.24) is 4.98 Å². The molecule has 0 unspecified atom stereocenters. The van der Waals surface area contributed by atoms with E-state index in [4.69, 9.17) is 10.5 Å². The van der Waals surface area contributed by atoms with Crippen molar-refractivity contribution < 1.29 is 4.74 Å². The molecule has 1 aromatic heterocycles. The van der Waals surface area contributed by atoms with Crippen molar-refractivity contribution in [3.05, 3.63) is 12.1 Å². The predicted molar refractivity (Wildman–Crippen MR) is 70.3 cm³/mol. The molecule has 1 heterocycles. The number of nitrogens with zero attached hydrogens (tertiary/aromatic N) is 1. The van der Waals surface area contributed by atoms with Crippen LogP contribution in [0, 0.1) is 0 Å². The third kappa shape index (κ3) is 3.25. The summed E-state index contributed by atoms with van der Waals surface area (Å²) in [5.74, 6) is 1.41. The molecule has 0 bridgehead atoms. The van der Waals surface area contributed by atoms with Gasteiger partial charge in [0.15, 0.2) is 0 Å². The molecule has 1 fully saturated rings. The highest BCUT2D eigenvalue weighted by Gasteiger charge is 2.14. The third-order valence-corrected chi connectivity index (χ3v) is 3.13. The summed E-state index contributed by atoms with van der Waals surface area (Å²) < 4.78 is 5.39. The van der Waals surface area contributed by atoms with E-state index >= 15 is 0 Å². The van der Waals surface area contributed by atoms with Gasteiger partial charge in [-0.05, 0) is 31.9 Å². The Balaban J connectivity index is 2.02. The summed E-state index contributed by atoms with van der Waals surface area (Å²) in [6.45, 7) is 2.52. The summed E-state index contributed by atoms with van der Waals surface area (Å²) in [6.07, 6.45) is 6.44. The monoisotopic (exact) mass is 235 g/mol. The molecule has 1 aliphatic carbocycles. The number of rotatable bonds is 4. The van der Waals surface area contributed by atoms with Crippen LogP contribution >= 0.6 is 0 Å². The summed E-state index contributed by atoms with van der Waals surface area (Å²) in [7, 11) is 0. The van der Waals surface area contributed by atoms with Gasteiger partial charge < -0.3 is 15.8 Å². The second-order valence-corrected chi connectivity index (χ2v) is 4.50. The van der Waals surface area contributed by atoms with Crippen molar-refractivity contribution in [3.8, 4) is 5.88 Å². The van der Waals surface area contributed by atoms with Gasteiger partial charge in [0.05, 0.1) is 12.3 Å². The van der Waals surface area contributed by atoms with E-state index in [-0.39, 0.29) is 0 Å². The van der Waals surface area contributed by atoms with E-state index in [1.165, 1.54) is 32.1 Å². The molecule has 2 rings (SSSR count). The minimum atomic E-state index is 0.535. The molecule has 0 atom stereocenters. The zero-order valence-electron chi connectivity index (χ0n) is 10.4. The standard InChI is InChI=1S/C13H21N3O/c1-2-17-13-11(14)8-9-12(16-13)15-10-6-4-3-5-7-10/h8-10H,2-7,14H2,1H3,(H,15,16). The average Bonchev–Trinajstić information content (AvgIpc) is 2.35. The molecule has 0 aromatic carbocycles.